The molecule has 0 aliphatic heterocycles. The molecule has 0 radical (unpaired) electrons. The van der Waals surface area contributed by atoms with Crippen LogP contribution < -0.4 is 4.72 Å². The Bertz CT molecular complexity index is 649. The van der Waals surface area contributed by atoms with E-state index in [1.807, 2.05) is 0 Å². The van der Waals surface area contributed by atoms with Gasteiger partial charge in [0.05, 0.1) is 17.1 Å². The molecule has 2 N–H and O–H groups in total. The molecule has 0 heterocycles. The van der Waals surface area contributed by atoms with Crippen molar-refractivity contribution in [1.82, 2.24) is 4.72 Å². The van der Waals surface area contributed by atoms with Gasteiger partial charge in [0.25, 0.3) is 5.69 Å². The molecule has 1 aromatic rings. The maximum atomic E-state index is 13.0. The largest absolute Gasteiger partial charge is 0.393 e. The number of aliphatic hydroxyl groups excluding tert-OH is 1. The Morgan fingerprint density at radius 3 is 2.71 bits per heavy atom. The first-order valence-corrected chi connectivity index (χ1v) is 7.89. The lowest BCUT2D eigenvalue weighted by Crippen LogP contribution is -2.29. The number of hydrogen-bond acceptors (Lipinski definition) is 5. The van der Waals surface area contributed by atoms with Crippen molar-refractivity contribution in [2.24, 2.45) is 5.92 Å². The highest BCUT2D eigenvalue weighted by Crippen LogP contribution is 2.27. The molecule has 0 aromatic heterocycles. The third-order valence-corrected chi connectivity index (χ3v) is 4.95. The van der Waals surface area contributed by atoms with Crippen LogP contribution in [0.25, 0.3) is 0 Å². The number of nitro benzene ring substituents is 1. The summed E-state index contributed by atoms with van der Waals surface area (Å²) in [4.78, 5) is 9.34. The van der Waals surface area contributed by atoms with Gasteiger partial charge < -0.3 is 5.11 Å². The molecule has 116 valence electrons. The van der Waals surface area contributed by atoms with Crippen molar-refractivity contribution in [2.45, 2.75) is 30.3 Å². The topological polar surface area (TPSA) is 110 Å². The minimum atomic E-state index is -4.10. The van der Waals surface area contributed by atoms with Crippen molar-refractivity contribution in [3.8, 4) is 0 Å². The van der Waals surface area contributed by atoms with Crippen LogP contribution in [-0.2, 0) is 10.0 Å². The van der Waals surface area contributed by atoms with Gasteiger partial charge >= 0.3 is 0 Å². The predicted octanol–water partition coefficient (Wildman–Crippen LogP) is 1.17. The van der Waals surface area contributed by atoms with Crippen LogP contribution in [0.2, 0.25) is 0 Å². The smallest absolute Gasteiger partial charge is 0.292 e. The van der Waals surface area contributed by atoms with E-state index in [0.29, 0.717) is 25.3 Å². The normalized spacial score (nSPS) is 22.4. The number of aliphatic hydroxyl groups is 1. The minimum Gasteiger partial charge on any atom is -0.393 e. The lowest BCUT2D eigenvalue weighted by Gasteiger charge is -2.11. The van der Waals surface area contributed by atoms with Crippen molar-refractivity contribution in [1.29, 1.82) is 0 Å². The maximum absolute atomic E-state index is 13.0. The number of nitro groups is 1. The van der Waals surface area contributed by atoms with Crippen LogP contribution in [0, 0.1) is 21.8 Å². The quantitative estimate of drug-likeness (QED) is 0.625. The van der Waals surface area contributed by atoms with Gasteiger partial charge in [-0.25, -0.2) is 17.5 Å². The second kappa shape index (κ2) is 6.04. The highest BCUT2D eigenvalue weighted by atomic mass is 32.2. The van der Waals surface area contributed by atoms with E-state index in [4.69, 9.17) is 0 Å². The zero-order valence-corrected chi connectivity index (χ0v) is 11.8. The molecule has 2 atom stereocenters. The van der Waals surface area contributed by atoms with Gasteiger partial charge in [-0.2, -0.15) is 0 Å². The Kier molecular flexibility index (Phi) is 4.55. The molecular formula is C12H15FN2O5S. The zero-order chi connectivity index (χ0) is 15.6. The summed E-state index contributed by atoms with van der Waals surface area (Å²) in [5.74, 6) is -0.881. The second-order valence-corrected chi connectivity index (χ2v) is 6.79. The number of hydrogen-bond donors (Lipinski definition) is 2. The molecular weight excluding hydrogens is 303 g/mol. The molecule has 21 heavy (non-hydrogen) atoms. The molecule has 2 unspecified atom stereocenters. The number of benzene rings is 1. The molecule has 0 amide bonds. The number of rotatable bonds is 5. The first-order valence-electron chi connectivity index (χ1n) is 6.41. The number of nitrogens with zero attached hydrogens (tertiary/aromatic N) is 1. The van der Waals surface area contributed by atoms with E-state index < -0.39 is 37.5 Å². The van der Waals surface area contributed by atoms with Crippen molar-refractivity contribution in [3.63, 3.8) is 0 Å². The average Bonchev–Trinajstić information content (AvgIpc) is 2.82. The van der Waals surface area contributed by atoms with Crippen LogP contribution in [0.5, 0.6) is 0 Å². The van der Waals surface area contributed by atoms with E-state index in [0.717, 1.165) is 12.1 Å². The third-order valence-electron chi connectivity index (χ3n) is 3.48. The van der Waals surface area contributed by atoms with E-state index in [1.165, 1.54) is 0 Å². The summed E-state index contributed by atoms with van der Waals surface area (Å²) in [6.07, 6.45) is 1.37. The fourth-order valence-electron chi connectivity index (χ4n) is 2.40. The van der Waals surface area contributed by atoms with Crippen molar-refractivity contribution >= 4 is 15.7 Å². The van der Waals surface area contributed by atoms with Gasteiger partial charge in [-0.3, -0.25) is 10.1 Å². The van der Waals surface area contributed by atoms with Gasteiger partial charge in [0.15, 0.2) is 4.90 Å². The van der Waals surface area contributed by atoms with Gasteiger partial charge in [-0.15, -0.1) is 0 Å². The Morgan fingerprint density at radius 1 is 1.43 bits per heavy atom. The van der Waals surface area contributed by atoms with Gasteiger partial charge in [0.1, 0.15) is 5.82 Å². The van der Waals surface area contributed by atoms with E-state index >= 15 is 0 Å². The van der Waals surface area contributed by atoms with E-state index in [-0.39, 0.29) is 12.5 Å². The Hall–Kier alpha value is -1.58. The van der Waals surface area contributed by atoms with Crippen molar-refractivity contribution < 1.29 is 22.8 Å². The predicted molar refractivity (Wildman–Crippen MR) is 71.6 cm³/mol. The van der Waals surface area contributed by atoms with Crippen LogP contribution in [0.3, 0.4) is 0 Å². The molecule has 1 fully saturated rings. The second-order valence-electron chi connectivity index (χ2n) is 5.05. The number of halogens is 1. The monoisotopic (exact) mass is 318 g/mol. The van der Waals surface area contributed by atoms with Crippen LogP contribution in [0.4, 0.5) is 10.1 Å². The summed E-state index contributed by atoms with van der Waals surface area (Å²) in [7, 11) is -4.10. The highest BCUT2D eigenvalue weighted by Gasteiger charge is 2.29. The lowest BCUT2D eigenvalue weighted by atomic mass is 10.1. The Labute approximate surface area is 121 Å². The summed E-state index contributed by atoms with van der Waals surface area (Å²) in [6, 6.07) is 2.31. The fraction of sp³-hybridized carbons (Fsp3) is 0.500. The molecule has 7 nitrogen and oxygen atoms in total. The zero-order valence-electron chi connectivity index (χ0n) is 11.0. The Balaban J connectivity index is 2.17. The molecule has 1 aliphatic rings. The fourth-order valence-corrected chi connectivity index (χ4v) is 3.67. The minimum absolute atomic E-state index is 0.00530. The molecule has 1 saturated carbocycles. The molecule has 0 saturated heterocycles. The van der Waals surface area contributed by atoms with Gasteiger partial charge in [-0.05, 0) is 37.3 Å². The van der Waals surface area contributed by atoms with Gasteiger partial charge in [-0.1, -0.05) is 0 Å². The standard InChI is InChI=1S/C12H15FN2O5S/c13-9-2-4-12(11(6-9)15(17)18)21(19,20)14-7-8-1-3-10(16)5-8/h2,4,6,8,10,14,16H,1,3,5,7H2. The lowest BCUT2D eigenvalue weighted by molar-refractivity contribution is -0.388. The maximum Gasteiger partial charge on any atom is 0.292 e. The summed E-state index contributed by atoms with van der Waals surface area (Å²) in [5, 5.41) is 20.2. The molecule has 9 heteroatoms. The van der Waals surface area contributed by atoms with Crippen LogP contribution in [-0.4, -0.2) is 31.1 Å². The summed E-state index contributed by atoms with van der Waals surface area (Å²) >= 11 is 0. The van der Waals surface area contributed by atoms with Crippen molar-refractivity contribution in [3.05, 3.63) is 34.1 Å². The highest BCUT2D eigenvalue weighted by molar-refractivity contribution is 7.89. The number of sulfonamides is 1. The SMILES string of the molecule is O=[N+]([O-])c1cc(F)ccc1S(=O)(=O)NCC1CCC(O)C1. The van der Waals surface area contributed by atoms with Crippen LogP contribution >= 0.6 is 0 Å². The molecule has 1 aromatic carbocycles. The molecule has 0 bridgehead atoms. The molecule has 0 spiro atoms. The van der Waals surface area contributed by atoms with Gasteiger partial charge in [0.2, 0.25) is 10.0 Å². The summed E-state index contributed by atoms with van der Waals surface area (Å²) in [5.41, 5.74) is -0.797. The van der Waals surface area contributed by atoms with Crippen LogP contribution in [0.1, 0.15) is 19.3 Å². The Morgan fingerprint density at radius 2 is 2.14 bits per heavy atom. The third kappa shape index (κ3) is 3.74. The average molecular weight is 318 g/mol. The van der Waals surface area contributed by atoms with Crippen LogP contribution in [0.15, 0.2) is 23.1 Å². The summed E-state index contributed by atoms with van der Waals surface area (Å²) in [6.45, 7) is 0.0912. The molecule has 1 aliphatic carbocycles. The first-order chi connectivity index (χ1) is 9.79. The first kappa shape index (κ1) is 15.8. The number of nitrogens with one attached hydrogen (secondary N) is 1. The molecule has 2 rings (SSSR count). The summed E-state index contributed by atoms with van der Waals surface area (Å²) < 4.78 is 39.5. The van der Waals surface area contributed by atoms with Gasteiger partial charge in [0, 0.05) is 6.54 Å². The van der Waals surface area contributed by atoms with E-state index in [2.05, 4.69) is 4.72 Å². The van der Waals surface area contributed by atoms with Crippen molar-refractivity contribution in [2.75, 3.05) is 6.54 Å². The van der Waals surface area contributed by atoms with E-state index in [9.17, 15) is 28.0 Å². The van der Waals surface area contributed by atoms with E-state index in [1.54, 1.807) is 0 Å².